The molecule has 0 aromatic heterocycles. The van der Waals surface area contributed by atoms with Crippen LogP contribution in [-0.2, 0) is 33.8 Å². The van der Waals surface area contributed by atoms with E-state index < -0.39 is 23.7 Å². The van der Waals surface area contributed by atoms with Gasteiger partial charge in [-0.2, -0.15) is 0 Å². The van der Waals surface area contributed by atoms with Crippen molar-refractivity contribution < 1.29 is 28.9 Å². The smallest absolute Gasteiger partial charge is 0.411 e. The molecule has 33 heavy (non-hydrogen) atoms. The number of carbonyl (C=O) groups is 2. The Morgan fingerprint density at radius 2 is 1.85 bits per heavy atom. The summed E-state index contributed by atoms with van der Waals surface area (Å²) >= 11 is 0. The number of carbonyl (C=O) groups excluding carboxylic acids is 2. The van der Waals surface area contributed by atoms with Gasteiger partial charge in [-0.05, 0) is 55.7 Å². The normalized spacial score (nSPS) is 20.1. The number of phenolic OH excluding ortho intramolecular Hbond substituents is 1. The fraction of sp³-hybridized carbons (Fsp3) is 0.440. The minimum Gasteiger partial charge on any atom is -0.508 e. The fourth-order valence-corrected chi connectivity index (χ4v) is 4.18. The molecule has 8 heteroatoms. The Balaban J connectivity index is 1.64. The highest BCUT2D eigenvalue weighted by atomic mass is 16.6. The van der Waals surface area contributed by atoms with E-state index in [2.05, 4.69) is 5.32 Å². The van der Waals surface area contributed by atoms with Gasteiger partial charge >= 0.3 is 12.1 Å². The van der Waals surface area contributed by atoms with E-state index in [4.69, 9.17) is 14.2 Å². The van der Waals surface area contributed by atoms with Crippen LogP contribution in [0.1, 0.15) is 49.1 Å². The van der Waals surface area contributed by atoms with E-state index in [0.717, 1.165) is 28.0 Å². The highest BCUT2D eigenvalue weighted by Gasteiger charge is 2.38. The van der Waals surface area contributed by atoms with E-state index in [1.165, 1.54) is 12.0 Å². The molecule has 2 aliphatic rings. The van der Waals surface area contributed by atoms with Crippen LogP contribution in [0.25, 0.3) is 0 Å². The third-order valence-corrected chi connectivity index (χ3v) is 5.79. The van der Waals surface area contributed by atoms with Gasteiger partial charge in [0.2, 0.25) is 0 Å². The molecule has 176 valence electrons. The third-order valence-electron chi connectivity index (χ3n) is 5.79. The molecule has 2 heterocycles. The van der Waals surface area contributed by atoms with Crippen molar-refractivity contribution in [3.05, 3.63) is 58.7 Å². The zero-order valence-electron chi connectivity index (χ0n) is 19.4. The van der Waals surface area contributed by atoms with Crippen molar-refractivity contribution in [2.75, 3.05) is 13.7 Å². The molecule has 0 bridgehead atoms. The van der Waals surface area contributed by atoms with Crippen molar-refractivity contribution in [3.8, 4) is 11.5 Å². The number of ether oxygens (including phenoxy) is 3. The van der Waals surface area contributed by atoms with Crippen LogP contribution in [0.5, 0.6) is 11.5 Å². The number of nitrogens with zero attached hydrogens (tertiary/aromatic N) is 1. The number of rotatable bonds is 2. The summed E-state index contributed by atoms with van der Waals surface area (Å²) in [7, 11) is 1.32. The van der Waals surface area contributed by atoms with Crippen LogP contribution in [0, 0.1) is 0 Å². The van der Waals surface area contributed by atoms with Gasteiger partial charge in [0, 0.05) is 25.1 Å². The summed E-state index contributed by atoms with van der Waals surface area (Å²) in [5.41, 5.74) is 3.15. The van der Waals surface area contributed by atoms with E-state index in [0.29, 0.717) is 19.5 Å². The monoisotopic (exact) mass is 454 g/mol. The summed E-state index contributed by atoms with van der Waals surface area (Å²) in [5, 5.41) is 13.0. The summed E-state index contributed by atoms with van der Waals surface area (Å²) in [6, 6.07) is 10.2. The van der Waals surface area contributed by atoms with Gasteiger partial charge in [0.05, 0.1) is 13.7 Å². The molecule has 0 unspecified atom stereocenters. The van der Waals surface area contributed by atoms with Gasteiger partial charge in [-0.3, -0.25) is 4.90 Å². The van der Waals surface area contributed by atoms with Gasteiger partial charge in [0.15, 0.2) is 0 Å². The summed E-state index contributed by atoms with van der Waals surface area (Å²) in [4.78, 5) is 26.8. The van der Waals surface area contributed by atoms with E-state index in [-0.39, 0.29) is 18.4 Å². The number of hydrogen-bond donors (Lipinski definition) is 2. The average molecular weight is 455 g/mol. The average Bonchev–Trinajstić information content (AvgIpc) is 2.97. The molecule has 2 aliphatic heterocycles. The van der Waals surface area contributed by atoms with Crippen LogP contribution in [0.3, 0.4) is 0 Å². The lowest BCUT2D eigenvalue weighted by atomic mass is 9.92. The molecule has 0 fully saturated rings. The minimum atomic E-state index is -0.750. The SMILES string of the molecule is COC(=O)[C@@H]1Cc2cc3c(cc2CN1C(=O)OC(C)(C)C)O[C@@H](c1ccc(O)cc1)CNC3. The second-order valence-electron chi connectivity index (χ2n) is 9.41. The largest absolute Gasteiger partial charge is 0.508 e. The van der Waals surface area contributed by atoms with Gasteiger partial charge in [-0.1, -0.05) is 18.2 Å². The molecule has 0 saturated heterocycles. The van der Waals surface area contributed by atoms with Gasteiger partial charge in [-0.15, -0.1) is 0 Å². The van der Waals surface area contributed by atoms with E-state index >= 15 is 0 Å². The zero-order chi connectivity index (χ0) is 23.8. The first-order chi connectivity index (χ1) is 15.6. The predicted octanol–water partition coefficient (Wildman–Crippen LogP) is 3.45. The molecule has 2 atom stereocenters. The number of fused-ring (bicyclic) bond motifs is 2. The number of amides is 1. The molecule has 0 spiro atoms. The Kier molecular flexibility index (Phi) is 6.21. The molecule has 2 aromatic carbocycles. The molecular weight excluding hydrogens is 424 g/mol. The fourth-order valence-electron chi connectivity index (χ4n) is 4.18. The van der Waals surface area contributed by atoms with Gasteiger partial charge in [0.25, 0.3) is 0 Å². The predicted molar refractivity (Wildman–Crippen MR) is 121 cm³/mol. The summed E-state index contributed by atoms with van der Waals surface area (Å²) < 4.78 is 16.9. The van der Waals surface area contributed by atoms with E-state index in [1.807, 2.05) is 24.3 Å². The highest BCUT2D eigenvalue weighted by molar-refractivity contribution is 5.82. The third kappa shape index (κ3) is 5.06. The van der Waals surface area contributed by atoms with Crippen molar-refractivity contribution in [3.63, 3.8) is 0 Å². The van der Waals surface area contributed by atoms with Crippen LogP contribution in [-0.4, -0.2) is 47.4 Å². The van der Waals surface area contributed by atoms with Crippen LogP contribution in [0.15, 0.2) is 36.4 Å². The molecule has 8 nitrogen and oxygen atoms in total. The van der Waals surface area contributed by atoms with Gasteiger partial charge in [-0.25, -0.2) is 9.59 Å². The van der Waals surface area contributed by atoms with Crippen molar-refractivity contribution in [1.82, 2.24) is 10.2 Å². The number of methoxy groups -OCH3 is 1. The Hall–Kier alpha value is -3.26. The number of benzene rings is 2. The van der Waals surface area contributed by atoms with Crippen molar-refractivity contribution in [2.24, 2.45) is 0 Å². The molecule has 2 N–H and O–H groups in total. The summed E-state index contributed by atoms with van der Waals surface area (Å²) in [6.45, 7) is 6.83. The highest BCUT2D eigenvalue weighted by Crippen LogP contribution is 2.35. The summed E-state index contributed by atoms with van der Waals surface area (Å²) in [5.74, 6) is 0.470. The number of hydrogen-bond acceptors (Lipinski definition) is 7. The Morgan fingerprint density at radius 3 is 2.52 bits per heavy atom. The Bertz CT molecular complexity index is 1040. The molecule has 1 amide bonds. The van der Waals surface area contributed by atoms with Gasteiger partial charge in [0.1, 0.15) is 29.2 Å². The lowest BCUT2D eigenvalue weighted by molar-refractivity contribution is -0.147. The number of nitrogens with one attached hydrogen (secondary N) is 1. The van der Waals surface area contributed by atoms with Crippen LogP contribution >= 0.6 is 0 Å². The molecule has 0 saturated carbocycles. The number of phenols is 1. The number of esters is 1. The van der Waals surface area contributed by atoms with Crippen LogP contribution in [0.4, 0.5) is 4.79 Å². The Morgan fingerprint density at radius 1 is 1.12 bits per heavy atom. The standard InChI is InChI=1S/C25H30N2O6/c1-25(2,3)33-24(30)27-14-18-11-21-17(9-16(18)10-20(27)23(29)31-4)12-26-13-22(32-21)15-5-7-19(28)8-6-15/h5-9,11,20,22,26,28H,10,12-14H2,1-4H3/t20-,22+/m0/s1. The first-order valence-electron chi connectivity index (χ1n) is 11.0. The molecule has 0 aliphatic carbocycles. The minimum absolute atomic E-state index is 0.206. The second-order valence-corrected chi connectivity index (χ2v) is 9.41. The molecular formula is C25H30N2O6. The van der Waals surface area contributed by atoms with Crippen LogP contribution in [0.2, 0.25) is 0 Å². The quantitative estimate of drug-likeness (QED) is 0.671. The van der Waals surface area contributed by atoms with Crippen molar-refractivity contribution in [2.45, 2.75) is 58.0 Å². The van der Waals surface area contributed by atoms with Crippen molar-refractivity contribution in [1.29, 1.82) is 0 Å². The maximum absolute atomic E-state index is 12.9. The zero-order valence-corrected chi connectivity index (χ0v) is 19.4. The van der Waals surface area contributed by atoms with Crippen molar-refractivity contribution >= 4 is 12.1 Å². The Labute approximate surface area is 193 Å². The van der Waals surface area contributed by atoms with Gasteiger partial charge < -0.3 is 24.6 Å². The topological polar surface area (TPSA) is 97.3 Å². The molecule has 4 rings (SSSR count). The first-order valence-corrected chi connectivity index (χ1v) is 11.0. The number of aromatic hydroxyl groups is 1. The van der Waals surface area contributed by atoms with E-state index in [1.54, 1.807) is 32.9 Å². The second kappa shape index (κ2) is 8.94. The maximum Gasteiger partial charge on any atom is 0.411 e. The molecule has 2 aromatic rings. The van der Waals surface area contributed by atoms with E-state index in [9.17, 15) is 14.7 Å². The summed E-state index contributed by atoms with van der Waals surface area (Å²) in [6.07, 6.45) is -0.433. The molecule has 0 radical (unpaired) electrons. The lowest BCUT2D eigenvalue weighted by Crippen LogP contribution is -2.50. The lowest BCUT2D eigenvalue weighted by Gasteiger charge is -2.36. The van der Waals surface area contributed by atoms with Crippen LogP contribution < -0.4 is 10.1 Å². The maximum atomic E-state index is 12.9. The first kappa shape index (κ1) is 22.9.